The smallest absolute Gasteiger partial charge is 0.163 e. The molecular formula is C17H19N5O. The Morgan fingerprint density at radius 2 is 2.26 bits per heavy atom. The second-order valence-electron chi connectivity index (χ2n) is 6.06. The molecule has 0 radical (unpaired) electrons. The summed E-state index contributed by atoms with van der Waals surface area (Å²) in [5.41, 5.74) is 4.39. The lowest BCUT2D eigenvalue weighted by molar-refractivity contribution is 0.0948. The number of nitrogens with zero attached hydrogens (tertiary/aromatic N) is 4. The first kappa shape index (κ1) is 14.1. The molecule has 1 N–H and O–H groups in total. The Kier molecular flexibility index (Phi) is 3.65. The van der Waals surface area contributed by atoms with Gasteiger partial charge in [-0.1, -0.05) is 5.16 Å². The minimum atomic E-state index is 0.0869. The average molecular weight is 309 g/mol. The van der Waals surface area contributed by atoms with Crippen LogP contribution in [0.3, 0.4) is 0 Å². The summed E-state index contributed by atoms with van der Waals surface area (Å²) in [6.45, 7) is 2.69. The highest BCUT2D eigenvalue weighted by Crippen LogP contribution is 2.29. The van der Waals surface area contributed by atoms with Crippen molar-refractivity contribution in [1.29, 1.82) is 0 Å². The monoisotopic (exact) mass is 309 g/mol. The molecule has 1 atom stereocenters. The maximum absolute atomic E-state index is 5.39. The van der Waals surface area contributed by atoms with Crippen molar-refractivity contribution < 1.29 is 4.84 Å². The Bertz CT molecular complexity index is 744. The molecule has 0 saturated carbocycles. The Labute approximate surface area is 135 Å². The number of hydrogen-bond acceptors (Lipinski definition) is 6. The molecular weight excluding hydrogens is 290 g/mol. The van der Waals surface area contributed by atoms with E-state index in [9.17, 15) is 0 Å². The van der Waals surface area contributed by atoms with E-state index in [0.717, 1.165) is 54.3 Å². The summed E-state index contributed by atoms with van der Waals surface area (Å²) in [6.07, 6.45) is 7.71. The number of rotatable bonds is 4. The molecule has 0 spiro atoms. The molecule has 3 heterocycles. The predicted octanol–water partition coefficient (Wildman–Crippen LogP) is 2.60. The number of anilines is 1. The molecule has 0 fully saturated rings. The summed E-state index contributed by atoms with van der Waals surface area (Å²) >= 11 is 0. The maximum Gasteiger partial charge on any atom is 0.163 e. The molecule has 6 nitrogen and oxygen atoms in total. The number of oxime groups is 1. The molecule has 0 aromatic carbocycles. The van der Waals surface area contributed by atoms with E-state index >= 15 is 0 Å². The molecule has 0 saturated heterocycles. The second kappa shape index (κ2) is 5.95. The van der Waals surface area contributed by atoms with Gasteiger partial charge in [0.2, 0.25) is 0 Å². The van der Waals surface area contributed by atoms with Crippen LogP contribution in [0.5, 0.6) is 0 Å². The van der Waals surface area contributed by atoms with Gasteiger partial charge in [0, 0.05) is 35.6 Å². The minimum Gasteiger partial charge on any atom is -0.390 e. The van der Waals surface area contributed by atoms with Gasteiger partial charge in [0.05, 0.1) is 12.3 Å². The second-order valence-corrected chi connectivity index (χ2v) is 6.06. The quantitative estimate of drug-likeness (QED) is 0.940. The zero-order valence-electron chi connectivity index (χ0n) is 13.1. The lowest BCUT2D eigenvalue weighted by atomic mass is 10.2. The topological polar surface area (TPSA) is 72.3 Å². The van der Waals surface area contributed by atoms with Gasteiger partial charge < -0.3 is 10.2 Å². The van der Waals surface area contributed by atoms with Gasteiger partial charge in [-0.05, 0) is 38.3 Å². The third-order valence-electron chi connectivity index (χ3n) is 4.23. The summed E-state index contributed by atoms with van der Waals surface area (Å²) in [7, 11) is 0. The van der Waals surface area contributed by atoms with Crippen LogP contribution in [-0.2, 0) is 17.7 Å². The summed E-state index contributed by atoms with van der Waals surface area (Å²) in [5.74, 6) is 1.67. The van der Waals surface area contributed by atoms with E-state index in [4.69, 9.17) is 14.8 Å². The van der Waals surface area contributed by atoms with E-state index in [1.54, 1.807) is 12.4 Å². The lowest BCUT2D eigenvalue weighted by Crippen LogP contribution is -2.21. The number of aryl methyl sites for hydroxylation is 1. The minimum absolute atomic E-state index is 0.0869. The standard InChI is InChI=1S/C17H19N5O/c1-11-8-13(23-22-11)10-19-17-14-5-2-6-15(14)20-16(21-17)12-4-3-7-18-9-12/h3-4,7,9,13H,2,5-6,8,10H2,1H3,(H,19,20,21). The molecule has 118 valence electrons. The molecule has 1 aliphatic heterocycles. The van der Waals surface area contributed by atoms with Gasteiger partial charge in [-0.2, -0.15) is 0 Å². The molecule has 0 amide bonds. The molecule has 1 unspecified atom stereocenters. The molecule has 23 heavy (non-hydrogen) atoms. The van der Waals surface area contributed by atoms with Crippen molar-refractivity contribution >= 4 is 11.5 Å². The van der Waals surface area contributed by atoms with Crippen molar-refractivity contribution in [3.8, 4) is 11.4 Å². The van der Waals surface area contributed by atoms with Crippen molar-refractivity contribution in [2.75, 3.05) is 11.9 Å². The largest absolute Gasteiger partial charge is 0.390 e. The zero-order valence-corrected chi connectivity index (χ0v) is 13.1. The van der Waals surface area contributed by atoms with Crippen LogP contribution >= 0.6 is 0 Å². The van der Waals surface area contributed by atoms with E-state index in [-0.39, 0.29) is 6.10 Å². The summed E-state index contributed by atoms with van der Waals surface area (Å²) < 4.78 is 0. The molecule has 0 bridgehead atoms. The van der Waals surface area contributed by atoms with E-state index in [2.05, 4.69) is 15.5 Å². The average Bonchev–Trinajstić information content (AvgIpc) is 3.22. The van der Waals surface area contributed by atoms with Crippen LogP contribution in [0.1, 0.15) is 31.0 Å². The fraction of sp³-hybridized carbons (Fsp3) is 0.412. The fourth-order valence-electron chi connectivity index (χ4n) is 3.09. The lowest BCUT2D eigenvalue weighted by Gasteiger charge is -2.14. The molecule has 1 aliphatic carbocycles. The van der Waals surface area contributed by atoms with Crippen molar-refractivity contribution in [2.24, 2.45) is 5.16 Å². The van der Waals surface area contributed by atoms with Crippen LogP contribution in [0.15, 0.2) is 29.7 Å². The number of pyridine rings is 1. The molecule has 2 aromatic rings. The van der Waals surface area contributed by atoms with E-state index in [1.165, 1.54) is 5.56 Å². The van der Waals surface area contributed by atoms with Crippen molar-refractivity contribution in [2.45, 2.75) is 38.7 Å². The van der Waals surface area contributed by atoms with Gasteiger partial charge in [-0.15, -0.1) is 0 Å². The van der Waals surface area contributed by atoms with Crippen LogP contribution in [0.4, 0.5) is 5.82 Å². The predicted molar refractivity (Wildman–Crippen MR) is 88.4 cm³/mol. The molecule has 4 rings (SSSR count). The highest BCUT2D eigenvalue weighted by atomic mass is 16.6. The number of nitrogens with one attached hydrogen (secondary N) is 1. The highest BCUT2D eigenvalue weighted by molar-refractivity contribution is 5.82. The van der Waals surface area contributed by atoms with Crippen LogP contribution in [0, 0.1) is 0 Å². The van der Waals surface area contributed by atoms with E-state index < -0.39 is 0 Å². The van der Waals surface area contributed by atoms with E-state index in [1.807, 2.05) is 19.1 Å². The van der Waals surface area contributed by atoms with Crippen molar-refractivity contribution in [3.63, 3.8) is 0 Å². The van der Waals surface area contributed by atoms with E-state index in [0.29, 0.717) is 6.54 Å². The van der Waals surface area contributed by atoms with Crippen LogP contribution in [0.2, 0.25) is 0 Å². The Balaban J connectivity index is 1.59. The molecule has 2 aromatic heterocycles. The zero-order chi connectivity index (χ0) is 15.6. The van der Waals surface area contributed by atoms with Crippen LogP contribution < -0.4 is 5.32 Å². The number of hydrogen-bond donors (Lipinski definition) is 1. The van der Waals surface area contributed by atoms with Gasteiger partial charge in [-0.25, -0.2) is 9.97 Å². The van der Waals surface area contributed by atoms with Crippen molar-refractivity contribution in [1.82, 2.24) is 15.0 Å². The van der Waals surface area contributed by atoms with Gasteiger partial charge in [0.1, 0.15) is 11.9 Å². The van der Waals surface area contributed by atoms with Gasteiger partial charge in [0.25, 0.3) is 0 Å². The fourth-order valence-corrected chi connectivity index (χ4v) is 3.09. The molecule has 2 aliphatic rings. The third kappa shape index (κ3) is 2.88. The normalized spacial score (nSPS) is 19.2. The van der Waals surface area contributed by atoms with Gasteiger partial charge >= 0.3 is 0 Å². The van der Waals surface area contributed by atoms with Crippen molar-refractivity contribution in [3.05, 3.63) is 35.8 Å². The van der Waals surface area contributed by atoms with Crippen LogP contribution in [0.25, 0.3) is 11.4 Å². The Morgan fingerprint density at radius 3 is 3.04 bits per heavy atom. The number of aromatic nitrogens is 3. The third-order valence-corrected chi connectivity index (χ3v) is 4.23. The SMILES string of the molecule is CC1=NOC(CNc2nc(-c3cccnc3)nc3c2CCC3)C1. The molecule has 6 heteroatoms. The Morgan fingerprint density at radius 1 is 1.30 bits per heavy atom. The van der Waals surface area contributed by atoms with Crippen LogP contribution in [-0.4, -0.2) is 33.3 Å². The first-order valence-corrected chi connectivity index (χ1v) is 8.03. The first-order valence-electron chi connectivity index (χ1n) is 8.03. The first-order chi connectivity index (χ1) is 11.3. The highest BCUT2D eigenvalue weighted by Gasteiger charge is 2.22. The number of fused-ring (bicyclic) bond motifs is 1. The Hall–Kier alpha value is -2.50. The van der Waals surface area contributed by atoms with Gasteiger partial charge in [-0.3, -0.25) is 4.98 Å². The summed E-state index contributed by atoms with van der Waals surface area (Å²) in [4.78, 5) is 19.0. The maximum atomic E-state index is 5.39. The van der Waals surface area contributed by atoms with Gasteiger partial charge in [0.15, 0.2) is 5.82 Å². The summed E-state index contributed by atoms with van der Waals surface area (Å²) in [6, 6.07) is 3.90. The summed E-state index contributed by atoms with van der Waals surface area (Å²) in [5, 5.41) is 7.45.